The number of aliphatic hydroxyl groups is 1. The van der Waals surface area contributed by atoms with E-state index in [4.69, 9.17) is 0 Å². The van der Waals surface area contributed by atoms with Crippen LogP contribution in [0.5, 0.6) is 0 Å². The van der Waals surface area contributed by atoms with E-state index in [2.05, 4.69) is 12.0 Å². The molecule has 1 aliphatic carbocycles. The van der Waals surface area contributed by atoms with Gasteiger partial charge in [-0.3, -0.25) is 0 Å². The Balaban J connectivity index is 2.31. The fourth-order valence-electron chi connectivity index (χ4n) is 2.84. The molecule has 1 heterocycles. The van der Waals surface area contributed by atoms with Gasteiger partial charge in [-0.1, -0.05) is 31.6 Å². The summed E-state index contributed by atoms with van der Waals surface area (Å²) in [5.41, 5.74) is -0.992. The number of rotatable bonds is 5. The van der Waals surface area contributed by atoms with Crippen LogP contribution in [0.3, 0.4) is 0 Å². The molecule has 19 heavy (non-hydrogen) atoms. The van der Waals surface area contributed by atoms with Crippen LogP contribution in [0.2, 0.25) is 0 Å². The molecule has 104 valence electrons. The van der Waals surface area contributed by atoms with Crippen molar-refractivity contribution in [3.8, 4) is 0 Å². The molecule has 0 spiro atoms. The second kappa shape index (κ2) is 5.29. The molecule has 0 bridgehead atoms. The lowest BCUT2D eigenvalue weighted by Crippen LogP contribution is -2.56. The number of carbonyl (C=O) groups excluding carboxylic acids is 1. The van der Waals surface area contributed by atoms with Gasteiger partial charge in [-0.15, -0.1) is 0 Å². The van der Waals surface area contributed by atoms with Crippen molar-refractivity contribution in [2.24, 2.45) is 5.10 Å². The predicted molar refractivity (Wildman–Crippen MR) is 75.7 cm³/mol. The first-order valence-electron chi connectivity index (χ1n) is 6.94. The van der Waals surface area contributed by atoms with E-state index in [0.29, 0.717) is 19.3 Å². The van der Waals surface area contributed by atoms with Crippen LogP contribution in [0.25, 0.3) is 0 Å². The van der Waals surface area contributed by atoms with Crippen LogP contribution in [0.15, 0.2) is 29.4 Å². The van der Waals surface area contributed by atoms with Crippen molar-refractivity contribution >= 4 is 12.0 Å². The maximum Gasteiger partial charge on any atom is 0.160 e. The summed E-state index contributed by atoms with van der Waals surface area (Å²) < 4.78 is 0. The average Bonchev–Trinajstić information content (AvgIpc) is 2.73. The number of allylic oxidation sites excluding steroid dienone is 2. The molecule has 0 radical (unpaired) electrons. The Morgan fingerprint density at radius 1 is 1.53 bits per heavy atom. The lowest BCUT2D eigenvalue weighted by atomic mass is 9.88. The topological polar surface area (TPSA) is 52.9 Å². The Morgan fingerprint density at radius 3 is 2.89 bits per heavy atom. The summed E-state index contributed by atoms with van der Waals surface area (Å²) in [4.78, 5) is 11.6. The van der Waals surface area contributed by atoms with E-state index in [1.807, 2.05) is 31.2 Å². The molecule has 0 aromatic heterocycles. The Bertz CT molecular complexity index is 441. The molecule has 0 aromatic rings. The summed E-state index contributed by atoms with van der Waals surface area (Å²) in [6, 6.07) is 0. The number of aldehydes is 1. The maximum absolute atomic E-state index is 11.6. The molecule has 2 unspecified atom stereocenters. The molecule has 2 rings (SSSR count). The van der Waals surface area contributed by atoms with Gasteiger partial charge in [-0.05, 0) is 25.8 Å². The van der Waals surface area contributed by atoms with Crippen molar-refractivity contribution in [3.63, 3.8) is 0 Å². The summed E-state index contributed by atoms with van der Waals surface area (Å²) in [5, 5.41) is 17.0. The van der Waals surface area contributed by atoms with Crippen molar-refractivity contribution in [2.75, 3.05) is 0 Å². The van der Waals surface area contributed by atoms with Gasteiger partial charge in [0.25, 0.3) is 0 Å². The fraction of sp³-hybridized carbons (Fsp3) is 0.600. The van der Waals surface area contributed by atoms with Crippen molar-refractivity contribution in [3.05, 3.63) is 24.3 Å². The van der Waals surface area contributed by atoms with Gasteiger partial charge < -0.3 is 9.90 Å². The Labute approximate surface area is 114 Å². The smallest absolute Gasteiger partial charge is 0.160 e. The monoisotopic (exact) mass is 262 g/mol. The van der Waals surface area contributed by atoms with E-state index in [9.17, 15) is 9.90 Å². The lowest BCUT2D eigenvalue weighted by molar-refractivity contribution is -0.149. The minimum atomic E-state index is -1.03. The minimum Gasteiger partial charge on any atom is -0.369 e. The highest BCUT2D eigenvalue weighted by Crippen LogP contribution is 2.38. The summed E-state index contributed by atoms with van der Waals surface area (Å²) >= 11 is 0. The first-order chi connectivity index (χ1) is 9.06. The summed E-state index contributed by atoms with van der Waals surface area (Å²) in [5.74, 6) is 0. The Kier molecular flexibility index (Phi) is 3.90. The maximum atomic E-state index is 11.6. The molecule has 0 amide bonds. The van der Waals surface area contributed by atoms with Gasteiger partial charge in [0.15, 0.2) is 12.0 Å². The molecule has 0 saturated carbocycles. The van der Waals surface area contributed by atoms with Gasteiger partial charge in [0.05, 0.1) is 0 Å². The van der Waals surface area contributed by atoms with Crippen molar-refractivity contribution in [2.45, 2.75) is 57.2 Å². The number of unbranched alkanes of at least 4 members (excludes halogenated alkanes) is 1. The molecule has 4 nitrogen and oxygen atoms in total. The Morgan fingerprint density at radius 2 is 2.32 bits per heavy atom. The quantitative estimate of drug-likeness (QED) is 0.774. The van der Waals surface area contributed by atoms with Crippen molar-refractivity contribution in [1.29, 1.82) is 0 Å². The zero-order chi connectivity index (χ0) is 13.9. The largest absolute Gasteiger partial charge is 0.369 e. The van der Waals surface area contributed by atoms with Gasteiger partial charge in [-0.25, -0.2) is 5.01 Å². The summed E-state index contributed by atoms with van der Waals surface area (Å²) in [6.45, 7) is 3.99. The highest BCUT2D eigenvalue weighted by molar-refractivity contribution is 5.85. The van der Waals surface area contributed by atoms with E-state index >= 15 is 0 Å². The molecule has 4 heteroatoms. The molecule has 2 aliphatic rings. The Hall–Kier alpha value is -1.42. The van der Waals surface area contributed by atoms with E-state index in [-0.39, 0.29) is 0 Å². The highest BCUT2D eigenvalue weighted by atomic mass is 16.3. The number of hydrogen-bond acceptors (Lipinski definition) is 4. The number of hydrogen-bond donors (Lipinski definition) is 1. The first kappa shape index (κ1) is 14.0. The predicted octanol–water partition coefficient (Wildman–Crippen LogP) is 2.40. The highest BCUT2D eigenvalue weighted by Gasteiger charge is 2.49. The second-order valence-electron chi connectivity index (χ2n) is 5.51. The van der Waals surface area contributed by atoms with Crippen LogP contribution in [0, 0.1) is 0 Å². The average molecular weight is 262 g/mol. The van der Waals surface area contributed by atoms with Gasteiger partial charge in [0.1, 0.15) is 5.54 Å². The van der Waals surface area contributed by atoms with Crippen LogP contribution in [-0.4, -0.2) is 33.4 Å². The van der Waals surface area contributed by atoms with E-state index < -0.39 is 11.3 Å². The molecule has 1 aliphatic heterocycles. The van der Waals surface area contributed by atoms with Crippen molar-refractivity contribution < 1.29 is 9.90 Å². The third kappa shape index (κ3) is 2.50. The van der Waals surface area contributed by atoms with Crippen LogP contribution in [0.4, 0.5) is 0 Å². The molecule has 1 N–H and O–H groups in total. The van der Waals surface area contributed by atoms with E-state index in [0.717, 1.165) is 24.8 Å². The van der Waals surface area contributed by atoms with E-state index in [1.54, 1.807) is 5.01 Å². The number of hydrazone groups is 1. The SMILES string of the molecule is CCCCC1(O)CC(C)=NN1C1(C=O)C=CC=CC1. The second-order valence-corrected chi connectivity index (χ2v) is 5.51. The van der Waals surface area contributed by atoms with Crippen molar-refractivity contribution in [1.82, 2.24) is 5.01 Å². The molecule has 0 fully saturated rings. The molecule has 0 aromatic carbocycles. The number of nitrogens with zero attached hydrogens (tertiary/aromatic N) is 2. The standard InChI is InChI=1S/C15H22N2O2/c1-3-4-10-15(19)11-13(2)16-17(15)14(12-18)8-6-5-7-9-14/h5-8,12,19H,3-4,9-11H2,1-2H3. The lowest BCUT2D eigenvalue weighted by Gasteiger charge is -2.43. The minimum absolute atomic E-state index is 0.514. The zero-order valence-electron chi connectivity index (χ0n) is 11.7. The number of carbonyl (C=O) groups is 1. The van der Waals surface area contributed by atoms with Gasteiger partial charge in [0.2, 0.25) is 0 Å². The fourth-order valence-corrected chi connectivity index (χ4v) is 2.84. The van der Waals surface area contributed by atoms with Crippen LogP contribution in [-0.2, 0) is 4.79 Å². The first-order valence-corrected chi connectivity index (χ1v) is 6.94. The molecular formula is C15H22N2O2. The molecular weight excluding hydrogens is 240 g/mol. The third-order valence-corrected chi connectivity index (χ3v) is 3.81. The molecule has 0 saturated heterocycles. The molecule has 2 atom stereocenters. The van der Waals surface area contributed by atoms with Crippen LogP contribution >= 0.6 is 0 Å². The van der Waals surface area contributed by atoms with Crippen LogP contribution in [0.1, 0.15) is 46.0 Å². The zero-order valence-corrected chi connectivity index (χ0v) is 11.7. The summed E-state index contributed by atoms with van der Waals surface area (Å²) in [6.07, 6.45) is 12.1. The van der Waals surface area contributed by atoms with Gasteiger partial charge in [0, 0.05) is 18.6 Å². The summed E-state index contributed by atoms with van der Waals surface area (Å²) in [7, 11) is 0. The van der Waals surface area contributed by atoms with Gasteiger partial charge >= 0.3 is 0 Å². The normalized spacial score (nSPS) is 33.6. The van der Waals surface area contributed by atoms with Gasteiger partial charge in [-0.2, -0.15) is 5.10 Å². The van der Waals surface area contributed by atoms with E-state index in [1.165, 1.54) is 0 Å². The van der Waals surface area contributed by atoms with Crippen LogP contribution < -0.4 is 0 Å². The third-order valence-electron chi connectivity index (χ3n) is 3.81.